The van der Waals surface area contributed by atoms with Crippen molar-refractivity contribution in [3.8, 4) is 17.5 Å². The second-order valence-electron chi connectivity index (χ2n) is 4.77. The third-order valence-electron chi connectivity index (χ3n) is 3.31. The van der Waals surface area contributed by atoms with Crippen LogP contribution in [0, 0.1) is 0 Å². The normalized spacial score (nSPS) is 16.0. The van der Waals surface area contributed by atoms with E-state index in [2.05, 4.69) is 4.98 Å². The summed E-state index contributed by atoms with van der Waals surface area (Å²) in [6.07, 6.45) is 1.71. The minimum atomic E-state index is -0.278. The SMILES string of the molecule is COc1ccc(SCC2Cn3ccc(=O)nc3O2)cc1OC. The Morgan fingerprint density at radius 3 is 2.91 bits per heavy atom. The van der Waals surface area contributed by atoms with Crippen LogP contribution in [-0.2, 0) is 6.54 Å². The number of ether oxygens (including phenoxy) is 3. The van der Waals surface area contributed by atoms with E-state index >= 15 is 0 Å². The van der Waals surface area contributed by atoms with Crippen molar-refractivity contribution >= 4 is 11.8 Å². The molecule has 0 amide bonds. The molecule has 0 aliphatic carbocycles. The van der Waals surface area contributed by atoms with Gasteiger partial charge in [0.2, 0.25) is 0 Å². The highest BCUT2D eigenvalue weighted by molar-refractivity contribution is 7.99. The first-order valence-electron chi connectivity index (χ1n) is 6.78. The van der Waals surface area contributed by atoms with Gasteiger partial charge in [0.25, 0.3) is 11.6 Å². The molecule has 1 aliphatic rings. The van der Waals surface area contributed by atoms with Crippen molar-refractivity contribution < 1.29 is 14.2 Å². The maximum Gasteiger partial charge on any atom is 0.300 e. The Kier molecular flexibility index (Phi) is 4.24. The number of aromatic nitrogens is 2. The fourth-order valence-corrected chi connectivity index (χ4v) is 3.14. The zero-order valence-corrected chi connectivity index (χ0v) is 13.1. The zero-order chi connectivity index (χ0) is 15.5. The molecule has 0 bridgehead atoms. The van der Waals surface area contributed by atoms with Gasteiger partial charge in [-0.15, -0.1) is 11.8 Å². The summed E-state index contributed by atoms with van der Waals surface area (Å²) in [4.78, 5) is 16.1. The summed E-state index contributed by atoms with van der Waals surface area (Å²) in [5, 5.41) is 0. The number of rotatable bonds is 5. The van der Waals surface area contributed by atoms with Crippen LogP contribution in [0.5, 0.6) is 17.5 Å². The first-order chi connectivity index (χ1) is 10.7. The molecule has 0 saturated heterocycles. The van der Waals surface area contributed by atoms with E-state index in [-0.39, 0.29) is 11.7 Å². The monoisotopic (exact) mass is 320 g/mol. The third-order valence-corrected chi connectivity index (χ3v) is 4.44. The maximum absolute atomic E-state index is 11.2. The second kappa shape index (κ2) is 6.31. The highest BCUT2D eigenvalue weighted by Crippen LogP contribution is 2.32. The Hall–Kier alpha value is -2.15. The summed E-state index contributed by atoms with van der Waals surface area (Å²) in [5.74, 6) is 2.17. The predicted molar refractivity (Wildman–Crippen MR) is 83.2 cm³/mol. The molecule has 1 aromatic carbocycles. The van der Waals surface area contributed by atoms with Gasteiger partial charge >= 0.3 is 0 Å². The lowest BCUT2D eigenvalue weighted by Gasteiger charge is -2.11. The van der Waals surface area contributed by atoms with Crippen molar-refractivity contribution in [2.45, 2.75) is 17.5 Å². The molecule has 22 heavy (non-hydrogen) atoms. The Balaban J connectivity index is 1.63. The van der Waals surface area contributed by atoms with Crippen LogP contribution in [-0.4, -0.2) is 35.6 Å². The number of benzene rings is 1. The molecule has 116 valence electrons. The molecule has 1 aromatic heterocycles. The molecule has 2 aromatic rings. The molecule has 0 saturated carbocycles. The molecule has 0 spiro atoms. The summed E-state index contributed by atoms with van der Waals surface area (Å²) in [7, 11) is 3.23. The van der Waals surface area contributed by atoms with Gasteiger partial charge in [-0.3, -0.25) is 9.36 Å². The first-order valence-corrected chi connectivity index (χ1v) is 7.77. The quantitative estimate of drug-likeness (QED) is 0.783. The van der Waals surface area contributed by atoms with Crippen molar-refractivity contribution in [1.29, 1.82) is 0 Å². The second-order valence-corrected chi connectivity index (χ2v) is 5.86. The van der Waals surface area contributed by atoms with Crippen molar-refractivity contribution in [2.75, 3.05) is 20.0 Å². The van der Waals surface area contributed by atoms with E-state index < -0.39 is 0 Å². The summed E-state index contributed by atoms with van der Waals surface area (Å²) in [6, 6.07) is 7.63. The largest absolute Gasteiger partial charge is 0.493 e. The summed E-state index contributed by atoms with van der Waals surface area (Å²) < 4.78 is 18.1. The molecule has 1 unspecified atom stereocenters. The van der Waals surface area contributed by atoms with Crippen molar-refractivity contribution in [3.63, 3.8) is 0 Å². The Morgan fingerprint density at radius 1 is 1.32 bits per heavy atom. The Labute approximate surface area is 132 Å². The molecule has 3 rings (SSSR count). The van der Waals surface area contributed by atoms with Crippen LogP contribution >= 0.6 is 11.8 Å². The van der Waals surface area contributed by atoms with Gasteiger partial charge in [0, 0.05) is 22.9 Å². The van der Waals surface area contributed by atoms with Crippen LogP contribution in [0.1, 0.15) is 0 Å². The highest BCUT2D eigenvalue weighted by atomic mass is 32.2. The number of hydrogen-bond donors (Lipinski definition) is 0. The Morgan fingerprint density at radius 2 is 2.14 bits per heavy atom. The van der Waals surface area contributed by atoms with E-state index in [0.717, 1.165) is 10.6 Å². The molecular formula is C15H16N2O4S. The minimum absolute atomic E-state index is 0.00704. The van der Waals surface area contributed by atoms with Gasteiger partial charge in [0.15, 0.2) is 11.5 Å². The van der Waals surface area contributed by atoms with Crippen LogP contribution in [0.4, 0.5) is 0 Å². The summed E-state index contributed by atoms with van der Waals surface area (Å²) >= 11 is 1.66. The smallest absolute Gasteiger partial charge is 0.300 e. The number of nitrogens with zero attached hydrogens (tertiary/aromatic N) is 2. The van der Waals surface area contributed by atoms with E-state index in [9.17, 15) is 4.79 Å². The van der Waals surface area contributed by atoms with Crippen molar-refractivity contribution in [2.24, 2.45) is 0 Å². The molecule has 1 atom stereocenters. The number of methoxy groups -OCH3 is 2. The minimum Gasteiger partial charge on any atom is -0.493 e. The molecule has 0 radical (unpaired) electrons. The lowest BCUT2D eigenvalue weighted by molar-refractivity contribution is 0.250. The Bertz CT molecular complexity index is 732. The van der Waals surface area contributed by atoms with Gasteiger partial charge in [0.1, 0.15) is 6.10 Å². The van der Waals surface area contributed by atoms with E-state index in [4.69, 9.17) is 14.2 Å². The van der Waals surface area contributed by atoms with Crippen molar-refractivity contribution in [1.82, 2.24) is 9.55 Å². The van der Waals surface area contributed by atoms with Crippen LogP contribution < -0.4 is 19.8 Å². The predicted octanol–water partition coefficient (Wildman–Crippen LogP) is 1.81. The van der Waals surface area contributed by atoms with Crippen LogP contribution in [0.15, 0.2) is 40.2 Å². The third kappa shape index (κ3) is 3.04. The van der Waals surface area contributed by atoms with Gasteiger partial charge in [-0.05, 0) is 18.2 Å². The van der Waals surface area contributed by atoms with Crippen LogP contribution in [0.3, 0.4) is 0 Å². The van der Waals surface area contributed by atoms with E-state index in [0.29, 0.717) is 24.1 Å². The van der Waals surface area contributed by atoms with Crippen LogP contribution in [0.25, 0.3) is 0 Å². The topological polar surface area (TPSA) is 62.6 Å². The fourth-order valence-electron chi connectivity index (χ4n) is 2.23. The molecule has 0 fully saturated rings. The van der Waals surface area contributed by atoms with E-state index in [1.165, 1.54) is 6.07 Å². The van der Waals surface area contributed by atoms with Crippen LogP contribution in [0.2, 0.25) is 0 Å². The summed E-state index contributed by atoms with van der Waals surface area (Å²) in [5.41, 5.74) is -0.278. The highest BCUT2D eigenvalue weighted by Gasteiger charge is 2.23. The van der Waals surface area contributed by atoms with Gasteiger partial charge in [-0.25, -0.2) is 0 Å². The van der Waals surface area contributed by atoms with Crippen molar-refractivity contribution in [3.05, 3.63) is 40.8 Å². The summed E-state index contributed by atoms with van der Waals surface area (Å²) in [6.45, 7) is 0.697. The number of thioether (sulfide) groups is 1. The van der Waals surface area contributed by atoms with E-state index in [1.807, 2.05) is 22.8 Å². The average Bonchev–Trinajstić information content (AvgIpc) is 2.94. The van der Waals surface area contributed by atoms with Gasteiger partial charge < -0.3 is 14.2 Å². The van der Waals surface area contributed by atoms with E-state index in [1.54, 1.807) is 32.2 Å². The van der Waals surface area contributed by atoms with Gasteiger partial charge in [-0.1, -0.05) is 0 Å². The molecule has 2 heterocycles. The molecule has 0 N–H and O–H groups in total. The first kappa shape index (κ1) is 14.8. The molecule has 7 heteroatoms. The molecule has 6 nitrogen and oxygen atoms in total. The fraction of sp³-hybridized carbons (Fsp3) is 0.333. The lowest BCUT2D eigenvalue weighted by atomic mass is 10.3. The number of fused-ring (bicyclic) bond motifs is 1. The standard InChI is InChI=1S/C15H16N2O4S/c1-19-12-4-3-11(7-13(12)20-2)22-9-10-8-17-6-5-14(18)16-15(17)21-10/h3-7,10H,8-9H2,1-2H3. The zero-order valence-electron chi connectivity index (χ0n) is 12.3. The van der Waals surface area contributed by atoms with Gasteiger partial charge in [-0.2, -0.15) is 4.98 Å². The number of hydrogen-bond acceptors (Lipinski definition) is 6. The average molecular weight is 320 g/mol. The lowest BCUT2D eigenvalue weighted by Crippen LogP contribution is -2.17. The maximum atomic E-state index is 11.2. The molecule has 1 aliphatic heterocycles. The van der Waals surface area contributed by atoms with Gasteiger partial charge in [0.05, 0.1) is 20.8 Å². The molecular weight excluding hydrogens is 304 g/mol.